The molecule has 1 fully saturated rings. The van der Waals surface area contributed by atoms with E-state index in [1.165, 1.54) is 0 Å². The minimum Gasteiger partial charge on any atom is -0.351 e. The fourth-order valence-electron chi connectivity index (χ4n) is 5.40. The van der Waals surface area contributed by atoms with Crippen LogP contribution >= 0.6 is 12.6 Å². The average Bonchev–Trinajstić information content (AvgIpc) is 2.76. The van der Waals surface area contributed by atoms with E-state index in [4.69, 9.17) is 12.6 Å². The van der Waals surface area contributed by atoms with E-state index in [9.17, 15) is 14.4 Å². The van der Waals surface area contributed by atoms with E-state index in [1.54, 1.807) is 0 Å². The first-order chi connectivity index (χ1) is 17.5. The molecule has 2 atom stereocenters. The summed E-state index contributed by atoms with van der Waals surface area (Å²) in [4.78, 5) is 43.7. The molecule has 8 heteroatoms. The van der Waals surface area contributed by atoms with Crippen molar-refractivity contribution in [1.82, 2.24) is 20.4 Å². The maximum atomic E-state index is 13.5. The van der Waals surface area contributed by atoms with Gasteiger partial charge in [-0.1, -0.05) is 75.7 Å². The summed E-state index contributed by atoms with van der Waals surface area (Å²) in [5.74, 6) is 0.807. The summed E-state index contributed by atoms with van der Waals surface area (Å²) in [5.41, 5.74) is -2.57. The Morgan fingerprint density at radius 1 is 0.744 bits per heavy atom. The van der Waals surface area contributed by atoms with E-state index < -0.39 is 21.1 Å². The van der Waals surface area contributed by atoms with Crippen molar-refractivity contribution in [2.75, 3.05) is 32.7 Å². The Bertz CT molecular complexity index is 856. The Balaban J connectivity index is 2.81. The molecule has 0 aromatic carbocycles. The SMILES string of the molecule is CCC(C)CN1CCN(C(=O)C(C)(C)CC(C)(C)C(=O)NC(C)(S)CC(C)(C)C(=O)NC(C)(C)C(C)C)CC1. The van der Waals surface area contributed by atoms with Crippen molar-refractivity contribution in [1.29, 1.82) is 0 Å². The molecule has 3 amide bonds. The molecule has 1 rings (SSSR count). The topological polar surface area (TPSA) is 81.8 Å². The second kappa shape index (κ2) is 13.1. The lowest BCUT2D eigenvalue weighted by Gasteiger charge is -2.42. The number of nitrogens with zero attached hydrogens (tertiary/aromatic N) is 2. The smallest absolute Gasteiger partial charge is 0.228 e. The average molecular weight is 569 g/mol. The third-order valence-corrected chi connectivity index (χ3v) is 8.94. The molecule has 0 aromatic heterocycles. The molecule has 0 aliphatic carbocycles. The van der Waals surface area contributed by atoms with Crippen LogP contribution in [-0.2, 0) is 14.4 Å². The van der Waals surface area contributed by atoms with E-state index in [0.29, 0.717) is 18.8 Å². The van der Waals surface area contributed by atoms with E-state index in [1.807, 2.05) is 67.2 Å². The summed E-state index contributed by atoms with van der Waals surface area (Å²) >= 11 is 4.78. The number of carbonyl (C=O) groups excluding carboxylic acids is 3. The fourth-order valence-corrected chi connectivity index (χ4v) is 5.89. The molecule has 7 nitrogen and oxygen atoms in total. The van der Waals surface area contributed by atoms with Gasteiger partial charge in [-0.25, -0.2) is 0 Å². The highest BCUT2D eigenvalue weighted by atomic mass is 32.1. The molecular weight excluding hydrogens is 508 g/mol. The molecule has 0 bridgehead atoms. The fraction of sp³-hybridized carbons (Fsp3) is 0.903. The number of hydrogen-bond acceptors (Lipinski definition) is 5. The molecule has 2 unspecified atom stereocenters. The van der Waals surface area contributed by atoms with Gasteiger partial charge in [0.05, 0.1) is 4.87 Å². The summed E-state index contributed by atoms with van der Waals surface area (Å²) in [6, 6.07) is 0. The lowest BCUT2D eigenvalue weighted by Crippen LogP contribution is -2.56. The second-order valence-electron chi connectivity index (χ2n) is 15.2. The van der Waals surface area contributed by atoms with Crippen LogP contribution in [-0.4, -0.2) is 70.7 Å². The molecule has 0 radical (unpaired) electrons. The zero-order valence-corrected chi connectivity index (χ0v) is 28.3. The molecule has 0 spiro atoms. The van der Waals surface area contributed by atoms with E-state index >= 15 is 0 Å². The second-order valence-corrected chi connectivity index (χ2v) is 16.2. The van der Waals surface area contributed by atoms with Crippen LogP contribution in [0.5, 0.6) is 0 Å². The zero-order valence-electron chi connectivity index (χ0n) is 27.4. The normalized spacial score (nSPS) is 18.5. The highest BCUT2D eigenvalue weighted by molar-refractivity contribution is 7.81. The largest absolute Gasteiger partial charge is 0.351 e. The molecule has 1 saturated heterocycles. The summed E-state index contributed by atoms with van der Waals surface area (Å²) in [6.45, 7) is 30.3. The van der Waals surface area contributed by atoms with Gasteiger partial charge in [0.15, 0.2) is 0 Å². The van der Waals surface area contributed by atoms with Gasteiger partial charge in [0.25, 0.3) is 0 Å². The van der Waals surface area contributed by atoms with Gasteiger partial charge in [-0.2, -0.15) is 12.6 Å². The molecule has 0 saturated carbocycles. The molecule has 1 aliphatic rings. The van der Waals surface area contributed by atoms with E-state index in [0.717, 1.165) is 39.1 Å². The Labute approximate surface area is 245 Å². The highest BCUT2D eigenvalue weighted by Crippen LogP contribution is 2.38. The van der Waals surface area contributed by atoms with Gasteiger partial charge in [0.2, 0.25) is 17.7 Å². The van der Waals surface area contributed by atoms with Gasteiger partial charge in [-0.15, -0.1) is 0 Å². The summed E-state index contributed by atoms with van der Waals surface area (Å²) in [7, 11) is 0. The molecular formula is C31H60N4O3S. The first-order valence-corrected chi connectivity index (χ1v) is 15.3. The van der Waals surface area contributed by atoms with Crippen molar-refractivity contribution in [3.63, 3.8) is 0 Å². The van der Waals surface area contributed by atoms with Gasteiger partial charge < -0.3 is 15.5 Å². The zero-order chi connectivity index (χ0) is 30.6. The van der Waals surface area contributed by atoms with Crippen LogP contribution in [0.15, 0.2) is 0 Å². The van der Waals surface area contributed by atoms with Gasteiger partial charge >= 0.3 is 0 Å². The maximum Gasteiger partial charge on any atom is 0.228 e. The lowest BCUT2D eigenvalue weighted by atomic mass is 9.73. The number of thiol groups is 1. The van der Waals surface area contributed by atoms with Crippen molar-refractivity contribution in [2.24, 2.45) is 28.1 Å². The minimum absolute atomic E-state index is 0.0639. The van der Waals surface area contributed by atoms with Crippen molar-refractivity contribution < 1.29 is 14.4 Å². The number of rotatable bonds is 13. The number of amides is 3. The molecule has 1 aliphatic heterocycles. The molecule has 228 valence electrons. The number of carbonyl (C=O) groups is 3. The number of piperazine rings is 1. The molecule has 2 N–H and O–H groups in total. The Morgan fingerprint density at radius 2 is 1.21 bits per heavy atom. The van der Waals surface area contributed by atoms with Crippen LogP contribution in [0.1, 0.15) is 109 Å². The number of hydrogen-bond donors (Lipinski definition) is 3. The first kappa shape index (κ1) is 35.7. The predicted molar refractivity (Wildman–Crippen MR) is 166 cm³/mol. The van der Waals surface area contributed by atoms with E-state index in [-0.39, 0.29) is 29.2 Å². The summed E-state index contributed by atoms with van der Waals surface area (Å²) < 4.78 is 0. The van der Waals surface area contributed by atoms with Crippen LogP contribution in [0.3, 0.4) is 0 Å². The van der Waals surface area contributed by atoms with Crippen LogP contribution in [0.25, 0.3) is 0 Å². The van der Waals surface area contributed by atoms with Gasteiger partial charge in [0.1, 0.15) is 0 Å². The summed E-state index contributed by atoms with van der Waals surface area (Å²) in [6.07, 6.45) is 1.93. The van der Waals surface area contributed by atoms with Crippen LogP contribution in [0.4, 0.5) is 0 Å². The summed E-state index contributed by atoms with van der Waals surface area (Å²) in [5, 5.41) is 6.24. The van der Waals surface area contributed by atoms with Crippen molar-refractivity contribution in [2.45, 2.75) is 120 Å². The van der Waals surface area contributed by atoms with E-state index in [2.05, 4.69) is 43.2 Å². The quantitative estimate of drug-likeness (QED) is 0.207. The molecule has 39 heavy (non-hydrogen) atoms. The van der Waals surface area contributed by atoms with Crippen LogP contribution in [0.2, 0.25) is 0 Å². The standard InChI is InChI=1S/C31H60N4O3S/c1-14-23(4)19-34-15-17-35(18-16-34)26(38)29(9,10)20-27(5,6)25(37)33-31(13,39)21-28(7,8)24(36)32-30(11,12)22(2)3/h22-23,39H,14-21H2,1-13H3,(H,32,36)(H,33,37). The van der Waals surface area contributed by atoms with Gasteiger partial charge in [0, 0.05) is 54.5 Å². The van der Waals surface area contributed by atoms with Crippen molar-refractivity contribution >= 4 is 30.4 Å². The van der Waals surface area contributed by atoms with Crippen LogP contribution < -0.4 is 10.6 Å². The van der Waals surface area contributed by atoms with Gasteiger partial charge in [-0.05, 0) is 45.4 Å². The third-order valence-electron chi connectivity index (χ3n) is 8.67. The third kappa shape index (κ3) is 10.6. The van der Waals surface area contributed by atoms with Crippen molar-refractivity contribution in [3.05, 3.63) is 0 Å². The Morgan fingerprint density at radius 3 is 1.67 bits per heavy atom. The highest BCUT2D eigenvalue weighted by Gasteiger charge is 2.44. The molecule has 1 heterocycles. The monoisotopic (exact) mass is 568 g/mol. The Kier molecular flexibility index (Phi) is 12.0. The maximum absolute atomic E-state index is 13.5. The number of nitrogens with one attached hydrogen (secondary N) is 2. The van der Waals surface area contributed by atoms with Crippen LogP contribution in [0, 0.1) is 28.1 Å². The first-order valence-electron chi connectivity index (χ1n) is 14.8. The predicted octanol–water partition coefficient (Wildman–Crippen LogP) is 5.35. The van der Waals surface area contributed by atoms with Crippen molar-refractivity contribution in [3.8, 4) is 0 Å². The Hall–Kier alpha value is -1.28. The van der Waals surface area contributed by atoms with Gasteiger partial charge in [-0.3, -0.25) is 19.3 Å². The lowest BCUT2D eigenvalue weighted by molar-refractivity contribution is -0.146. The molecule has 0 aromatic rings. The minimum atomic E-state index is -0.905.